The number of nitrogens with zero attached hydrogens (tertiary/aromatic N) is 3. The van der Waals surface area contributed by atoms with Crippen LogP contribution in [0.25, 0.3) is 0 Å². The minimum atomic E-state index is -0.287. The molecule has 1 heterocycles. The Hall–Kier alpha value is -2.70. The number of hydrogen-bond acceptors (Lipinski definition) is 3. The van der Waals surface area contributed by atoms with Crippen LogP contribution in [-0.4, -0.2) is 40.6 Å². The first-order chi connectivity index (χ1) is 11.4. The molecule has 2 unspecified atom stereocenters. The maximum absolute atomic E-state index is 13.3. The topological polar surface area (TPSA) is 67.2 Å². The van der Waals surface area contributed by atoms with E-state index in [9.17, 15) is 14.0 Å². The molecule has 0 spiro atoms. The lowest BCUT2D eigenvalue weighted by Crippen LogP contribution is -2.26. The zero-order chi connectivity index (χ0) is 17.3. The number of carbonyl (C=O) groups is 2. The molecule has 1 aromatic carbocycles. The number of amides is 2. The van der Waals surface area contributed by atoms with Gasteiger partial charge >= 0.3 is 0 Å². The number of hydrogen-bond donors (Lipinski definition) is 1. The van der Waals surface area contributed by atoms with E-state index in [0.717, 1.165) is 5.56 Å². The number of nitrogens with one attached hydrogen (secondary N) is 1. The number of benzene rings is 1. The van der Waals surface area contributed by atoms with Crippen LogP contribution >= 0.6 is 0 Å². The Kier molecular flexibility index (Phi) is 4.33. The molecule has 0 aliphatic heterocycles. The molecular formula is C17H19FN4O2. The molecule has 6 nitrogen and oxygen atoms in total. The highest BCUT2D eigenvalue weighted by atomic mass is 19.1. The van der Waals surface area contributed by atoms with E-state index in [1.807, 2.05) is 6.07 Å². The summed E-state index contributed by atoms with van der Waals surface area (Å²) in [5.41, 5.74) is 1.40. The van der Waals surface area contributed by atoms with Crippen molar-refractivity contribution in [2.75, 3.05) is 19.4 Å². The lowest BCUT2D eigenvalue weighted by molar-refractivity contribution is -0.129. The van der Waals surface area contributed by atoms with Crippen LogP contribution in [0.3, 0.4) is 0 Å². The maximum atomic E-state index is 13.3. The fourth-order valence-corrected chi connectivity index (χ4v) is 2.62. The number of carbonyl (C=O) groups excluding carboxylic acids is 2. The Labute approximate surface area is 139 Å². The molecule has 1 fully saturated rings. The van der Waals surface area contributed by atoms with E-state index in [4.69, 9.17) is 0 Å². The Morgan fingerprint density at radius 2 is 2.21 bits per heavy atom. The van der Waals surface area contributed by atoms with Crippen LogP contribution in [0.2, 0.25) is 0 Å². The zero-order valence-corrected chi connectivity index (χ0v) is 13.6. The molecule has 24 heavy (non-hydrogen) atoms. The van der Waals surface area contributed by atoms with E-state index in [1.165, 1.54) is 27.9 Å². The van der Waals surface area contributed by atoms with Crippen molar-refractivity contribution in [3.05, 3.63) is 48.0 Å². The van der Waals surface area contributed by atoms with Crippen LogP contribution in [0.1, 0.15) is 17.9 Å². The van der Waals surface area contributed by atoms with Gasteiger partial charge in [-0.2, -0.15) is 5.10 Å². The van der Waals surface area contributed by atoms with Gasteiger partial charge in [-0.25, -0.2) is 4.39 Å². The molecule has 0 saturated heterocycles. The summed E-state index contributed by atoms with van der Waals surface area (Å²) in [4.78, 5) is 25.4. The van der Waals surface area contributed by atoms with Crippen LogP contribution < -0.4 is 5.32 Å². The SMILES string of the molecule is CN(C)C(=O)Cn1cc(NC(=O)C2CC2c2cccc(F)c2)cn1. The number of aromatic nitrogens is 2. The lowest BCUT2D eigenvalue weighted by Gasteiger charge is -2.09. The Morgan fingerprint density at radius 3 is 2.92 bits per heavy atom. The van der Waals surface area contributed by atoms with E-state index < -0.39 is 0 Å². The molecule has 1 aliphatic carbocycles. The van der Waals surface area contributed by atoms with Gasteiger partial charge in [0.15, 0.2) is 0 Å². The second-order valence-corrected chi connectivity index (χ2v) is 6.21. The van der Waals surface area contributed by atoms with Crippen molar-refractivity contribution in [1.82, 2.24) is 14.7 Å². The quantitative estimate of drug-likeness (QED) is 0.910. The molecule has 7 heteroatoms. The van der Waals surface area contributed by atoms with Crippen molar-refractivity contribution in [3.8, 4) is 0 Å². The monoisotopic (exact) mass is 330 g/mol. The van der Waals surface area contributed by atoms with E-state index in [0.29, 0.717) is 12.1 Å². The highest BCUT2D eigenvalue weighted by Gasteiger charge is 2.44. The predicted octanol–water partition coefficient (Wildman–Crippen LogP) is 1.85. The molecule has 0 radical (unpaired) electrons. The molecule has 1 aromatic heterocycles. The third-order valence-corrected chi connectivity index (χ3v) is 4.10. The fraction of sp³-hybridized carbons (Fsp3) is 0.353. The molecular weight excluding hydrogens is 311 g/mol. The third kappa shape index (κ3) is 3.61. The molecule has 3 rings (SSSR count). The Bertz CT molecular complexity index is 771. The fourth-order valence-electron chi connectivity index (χ4n) is 2.62. The van der Waals surface area contributed by atoms with E-state index >= 15 is 0 Å². The predicted molar refractivity (Wildman–Crippen MR) is 86.8 cm³/mol. The first-order valence-electron chi connectivity index (χ1n) is 7.73. The summed E-state index contributed by atoms with van der Waals surface area (Å²) in [5.74, 6) is -0.568. The third-order valence-electron chi connectivity index (χ3n) is 4.10. The van der Waals surface area contributed by atoms with Gasteiger partial charge in [0, 0.05) is 26.2 Å². The second-order valence-electron chi connectivity index (χ2n) is 6.21. The van der Waals surface area contributed by atoms with Crippen LogP contribution in [0.4, 0.5) is 10.1 Å². The number of halogens is 1. The van der Waals surface area contributed by atoms with Crippen LogP contribution in [0.5, 0.6) is 0 Å². The van der Waals surface area contributed by atoms with E-state index in [1.54, 1.807) is 26.4 Å². The minimum Gasteiger partial charge on any atom is -0.347 e. The summed E-state index contributed by atoms with van der Waals surface area (Å²) >= 11 is 0. The summed E-state index contributed by atoms with van der Waals surface area (Å²) in [6.07, 6.45) is 3.85. The first-order valence-corrected chi connectivity index (χ1v) is 7.73. The van der Waals surface area contributed by atoms with Gasteiger partial charge < -0.3 is 10.2 Å². The highest BCUT2D eigenvalue weighted by molar-refractivity contribution is 5.95. The largest absolute Gasteiger partial charge is 0.347 e. The first kappa shape index (κ1) is 16.2. The van der Waals surface area contributed by atoms with Gasteiger partial charge in [-0.15, -0.1) is 0 Å². The van der Waals surface area contributed by atoms with Gasteiger partial charge in [0.25, 0.3) is 0 Å². The van der Waals surface area contributed by atoms with Crippen molar-refractivity contribution < 1.29 is 14.0 Å². The summed E-state index contributed by atoms with van der Waals surface area (Å²) < 4.78 is 14.7. The van der Waals surface area contributed by atoms with Crippen molar-refractivity contribution >= 4 is 17.5 Å². The van der Waals surface area contributed by atoms with Gasteiger partial charge in [-0.1, -0.05) is 12.1 Å². The van der Waals surface area contributed by atoms with Crippen molar-refractivity contribution in [1.29, 1.82) is 0 Å². The lowest BCUT2D eigenvalue weighted by atomic mass is 10.1. The Balaban J connectivity index is 1.57. The van der Waals surface area contributed by atoms with E-state index in [-0.39, 0.29) is 36.0 Å². The maximum Gasteiger partial charge on any atom is 0.243 e. The van der Waals surface area contributed by atoms with Crippen molar-refractivity contribution in [2.45, 2.75) is 18.9 Å². The molecule has 1 N–H and O–H groups in total. The van der Waals surface area contributed by atoms with Gasteiger partial charge in [0.2, 0.25) is 11.8 Å². The molecule has 1 aliphatic rings. The zero-order valence-electron chi connectivity index (χ0n) is 13.6. The minimum absolute atomic E-state index is 0.0612. The van der Waals surface area contributed by atoms with Gasteiger partial charge in [0.05, 0.1) is 11.9 Å². The summed E-state index contributed by atoms with van der Waals surface area (Å²) in [7, 11) is 3.35. The summed E-state index contributed by atoms with van der Waals surface area (Å²) in [5, 5.41) is 6.87. The van der Waals surface area contributed by atoms with E-state index in [2.05, 4.69) is 10.4 Å². The van der Waals surface area contributed by atoms with Gasteiger partial charge in [0.1, 0.15) is 12.4 Å². The molecule has 2 atom stereocenters. The number of rotatable bonds is 5. The second kappa shape index (κ2) is 6.43. The molecule has 0 bridgehead atoms. The molecule has 126 valence electrons. The summed E-state index contributed by atoms with van der Waals surface area (Å²) in [6.45, 7) is 0.123. The average Bonchev–Trinajstić information content (AvgIpc) is 3.23. The number of likely N-dealkylation sites (N-methyl/N-ethyl adjacent to an activating group) is 1. The van der Waals surface area contributed by atoms with Crippen LogP contribution in [-0.2, 0) is 16.1 Å². The molecule has 2 amide bonds. The number of anilines is 1. The summed E-state index contributed by atoms with van der Waals surface area (Å²) in [6, 6.07) is 6.36. The average molecular weight is 330 g/mol. The smallest absolute Gasteiger partial charge is 0.243 e. The van der Waals surface area contributed by atoms with Gasteiger partial charge in [-0.05, 0) is 30.0 Å². The van der Waals surface area contributed by atoms with Crippen LogP contribution in [0, 0.1) is 11.7 Å². The highest BCUT2D eigenvalue weighted by Crippen LogP contribution is 2.48. The Morgan fingerprint density at radius 1 is 1.42 bits per heavy atom. The van der Waals surface area contributed by atoms with Crippen molar-refractivity contribution in [3.63, 3.8) is 0 Å². The van der Waals surface area contributed by atoms with Crippen LogP contribution in [0.15, 0.2) is 36.7 Å². The van der Waals surface area contributed by atoms with Gasteiger partial charge in [-0.3, -0.25) is 14.3 Å². The molecule has 1 saturated carbocycles. The normalized spacial score (nSPS) is 19.0. The molecule has 2 aromatic rings. The standard InChI is InChI=1S/C17H19FN4O2/c1-21(2)16(23)10-22-9-13(8-19-22)20-17(24)15-7-14(15)11-4-3-5-12(18)6-11/h3-6,8-9,14-15H,7,10H2,1-2H3,(H,20,24). The van der Waals surface area contributed by atoms with Crippen molar-refractivity contribution in [2.24, 2.45) is 5.92 Å².